The van der Waals surface area contributed by atoms with E-state index >= 15 is 0 Å². The normalized spacial score (nSPS) is 17.7. The predicted molar refractivity (Wildman–Crippen MR) is 112 cm³/mol. The molecule has 1 aliphatic rings. The summed E-state index contributed by atoms with van der Waals surface area (Å²) in [6, 6.07) is 16.5. The zero-order chi connectivity index (χ0) is 22.1. The van der Waals surface area contributed by atoms with E-state index in [1.807, 2.05) is 6.92 Å². The van der Waals surface area contributed by atoms with Crippen molar-refractivity contribution in [3.63, 3.8) is 0 Å². The summed E-state index contributed by atoms with van der Waals surface area (Å²) in [5, 5.41) is 22.3. The molecule has 154 valence electrons. The Morgan fingerprint density at radius 2 is 1.81 bits per heavy atom. The number of pyridine rings is 1. The average Bonchev–Trinajstić information content (AvgIpc) is 3.05. The number of nitro benzene ring substituents is 1. The van der Waals surface area contributed by atoms with Crippen molar-refractivity contribution in [2.24, 2.45) is 0 Å². The van der Waals surface area contributed by atoms with Crippen molar-refractivity contribution in [3.8, 4) is 0 Å². The Morgan fingerprint density at radius 1 is 1.06 bits per heavy atom. The number of benzene rings is 2. The third-order valence-electron chi connectivity index (χ3n) is 5.12. The van der Waals surface area contributed by atoms with Crippen LogP contribution in [0.25, 0.3) is 5.76 Å². The number of hydrogen-bond acceptors (Lipinski definition) is 5. The molecule has 4 rings (SSSR count). The molecule has 1 fully saturated rings. The fourth-order valence-corrected chi connectivity index (χ4v) is 3.61. The molecule has 31 heavy (non-hydrogen) atoms. The molecular formula is C23H18N3O5+. The Bertz CT molecular complexity index is 1220. The van der Waals surface area contributed by atoms with Gasteiger partial charge in [0.15, 0.2) is 6.04 Å². The number of aromatic amines is 1. The molecule has 2 N–H and O–H groups in total. The third-order valence-corrected chi connectivity index (χ3v) is 5.12. The number of nitro groups is 1. The van der Waals surface area contributed by atoms with Gasteiger partial charge in [-0.15, -0.1) is 0 Å². The number of carbonyl (C=O) groups excluding carboxylic acids is 2. The number of nitrogens with one attached hydrogen (secondary N) is 1. The van der Waals surface area contributed by atoms with Gasteiger partial charge in [-0.3, -0.25) is 14.9 Å². The lowest BCUT2D eigenvalue weighted by Gasteiger charge is -2.18. The molecule has 0 bridgehead atoms. The minimum Gasteiger partial charge on any atom is -0.507 e. The maximum absolute atomic E-state index is 13.0. The first-order chi connectivity index (χ1) is 14.9. The molecule has 3 aromatic rings. The van der Waals surface area contributed by atoms with Crippen LogP contribution in [0.4, 0.5) is 11.5 Å². The Labute approximate surface area is 177 Å². The minimum atomic E-state index is -1.04. The third kappa shape index (κ3) is 3.55. The Balaban J connectivity index is 1.96. The molecule has 2 heterocycles. The summed E-state index contributed by atoms with van der Waals surface area (Å²) in [4.78, 5) is 40.9. The molecular weight excluding hydrogens is 398 g/mol. The van der Waals surface area contributed by atoms with Crippen LogP contribution in [0.5, 0.6) is 0 Å². The van der Waals surface area contributed by atoms with Crippen molar-refractivity contribution < 1.29 is 24.6 Å². The van der Waals surface area contributed by atoms with Crippen LogP contribution in [0.15, 0.2) is 78.5 Å². The fourth-order valence-electron chi connectivity index (χ4n) is 3.61. The molecule has 8 nitrogen and oxygen atoms in total. The molecule has 1 aliphatic heterocycles. The van der Waals surface area contributed by atoms with Gasteiger partial charge in [-0.05, 0) is 13.0 Å². The monoisotopic (exact) mass is 416 g/mol. The molecule has 0 spiro atoms. The van der Waals surface area contributed by atoms with E-state index in [-0.39, 0.29) is 17.0 Å². The maximum Gasteiger partial charge on any atom is 0.382 e. The number of carbonyl (C=O) groups is 2. The number of H-pyrrole nitrogens is 1. The van der Waals surface area contributed by atoms with Crippen LogP contribution in [0, 0.1) is 17.0 Å². The second-order valence-corrected chi connectivity index (χ2v) is 7.14. The van der Waals surface area contributed by atoms with Crippen molar-refractivity contribution in [2.75, 3.05) is 4.90 Å². The highest BCUT2D eigenvalue weighted by molar-refractivity contribution is 6.51. The molecule has 0 saturated carbocycles. The Morgan fingerprint density at radius 3 is 2.45 bits per heavy atom. The molecule has 1 unspecified atom stereocenters. The minimum absolute atomic E-state index is 0.133. The predicted octanol–water partition coefficient (Wildman–Crippen LogP) is 3.34. The van der Waals surface area contributed by atoms with Gasteiger partial charge in [-0.25, -0.2) is 9.78 Å². The van der Waals surface area contributed by atoms with Crippen molar-refractivity contribution in [3.05, 3.63) is 105 Å². The number of non-ortho nitro benzene ring substituents is 1. The second kappa shape index (κ2) is 7.83. The second-order valence-electron chi connectivity index (χ2n) is 7.14. The lowest BCUT2D eigenvalue weighted by molar-refractivity contribution is -0.385. The van der Waals surface area contributed by atoms with Crippen LogP contribution in [0.3, 0.4) is 0 Å². The Kier molecular flexibility index (Phi) is 5.04. The van der Waals surface area contributed by atoms with E-state index in [9.17, 15) is 24.8 Å². The van der Waals surface area contributed by atoms with E-state index in [1.54, 1.807) is 54.7 Å². The number of Topliss-reactive ketones (excluding diaryl/α,β-unsaturated/α-hetero) is 1. The average molecular weight is 416 g/mol. The van der Waals surface area contributed by atoms with E-state index in [4.69, 9.17) is 0 Å². The van der Waals surface area contributed by atoms with Gasteiger partial charge >= 0.3 is 5.91 Å². The molecule has 1 amide bonds. The van der Waals surface area contributed by atoms with Gasteiger partial charge < -0.3 is 5.11 Å². The molecule has 1 atom stereocenters. The van der Waals surface area contributed by atoms with Crippen LogP contribution in [-0.4, -0.2) is 21.7 Å². The maximum atomic E-state index is 13.0. The largest absolute Gasteiger partial charge is 0.507 e. The quantitative estimate of drug-likeness (QED) is 0.230. The van der Waals surface area contributed by atoms with Gasteiger partial charge in [0.1, 0.15) is 5.76 Å². The van der Waals surface area contributed by atoms with Crippen LogP contribution in [0.1, 0.15) is 22.7 Å². The number of nitrogens with zero attached hydrogens (tertiary/aromatic N) is 2. The number of ketones is 1. The topological polar surface area (TPSA) is 115 Å². The van der Waals surface area contributed by atoms with Gasteiger partial charge in [0.25, 0.3) is 17.3 Å². The number of anilines is 1. The van der Waals surface area contributed by atoms with E-state index in [0.717, 1.165) is 5.56 Å². The van der Waals surface area contributed by atoms with Crippen molar-refractivity contribution >= 4 is 29.0 Å². The molecule has 1 aromatic heterocycles. The fraction of sp³-hybridized carbons (Fsp3) is 0.0870. The standard InChI is InChI=1S/C23H17N3O5/c1-14-8-10-15(11-9-14)21(27)19-20(16-5-4-6-17(13-16)26(30)31)25(23(29)22(19)28)18-7-2-3-12-24-18/h2-13,20,27H,1H3/p+1. The first-order valence-corrected chi connectivity index (χ1v) is 9.47. The molecule has 0 radical (unpaired) electrons. The summed E-state index contributed by atoms with van der Waals surface area (Å²) in [5.41, 5.74) is 1.35. The van der Waals surface area contributed by atoms with Crippen LogP contribution < -0.4 is 9.88 Å². The Hall–Kier alpha value is -4.33. The molecule has 1 saturated heterocycles. The number of aromatic nitrogens is 1. The summed E-state index contributed by atoms with van der Waals surface area (Å²) < 4.78 is 0. The molecule has 0 aliphatic carbocycles. The first kappa shape index (κ1) is 20.0. The highest BCUT2D eigenvalue weighted by atomic mass is 16.6. The zero-order valence-electron chi connectivity index (χ0n) is 16.5. The number of aryl methyl sites for hydroxylation is 1. The summed E-state index contributed by atoms with van der Waals surface area (Å²) >= 11 is 0. The molecule has 8 heteroatoms. The number of amides is 1. The van der Waals surface area contributed by atoms with Crippen LogP contribution in [-0.2, 0) is 9.59 Å². The summed E-state index contributed by atoms with van der Waals surface area (Å²) in [7, 11) is 0. The van der Waals surface area contributed by atoms with Crippen molar-refractivity contribution in [2.45, 2.75) is 13.0 Å². The number of aliphatic hydroxyl groups is 1. The number of rotatable bonds is 4. The summed E-state index contributed by atoms with van der Waals surface area (Å²) in [6.07, 6.45) is 1.60. The highest BCUT2D eigenvalue weighted by Gasteiger charge is 2.53. The van der Waals surface area contributed by atoms with Crippen molar-refractivity contribution in [1.29, 1.82) is 0 Å². The highest BCUT2D eigenvalue weighted by Crippen LogP contribution is 2.41. The number of hydrogen-bond donors (Lipinski definition) is 1. The summed E-state index contributed by atoms with van der Waals surface area (Å²) in [5.74, 6) is -1.73. The van der Waals surface area contributed by atoms with Gasteiger partial charge in [0, 0.05) is 29.3 Å². The van der Waals surface area contributed by atoms with Crippen molar-refractivity contribution in [1.82, 2.24) is 0 Å². The zero-order valence-corrected chi connectivity index (χ0v) is 16.5. The lowest BCUT2D eigenvalue weighted by Crippen LogP contribution is -2.33. The smallest absolute Gasteiger partial charge is 0.382 e. The van der Waals surface area contributed by atoms with E-state index in [0.29, 0.717) is 16.9 Å². The van der Waals surface area contributed by atoms with Crippen LogP contribution >= 0.6 is 0 Å². The van der Waals surface area contributed by atoms with Gasteiger partial charge in [0.05, 0.1) is 16.7 Å². The van der Waals surface area contributed by atoms with E-state index in [2.05, 4.69) is 4.98 Å². The van der Waals surface area contributed by atoms with E-state index in [1.165, 1.54) is 23.1 Å². The number of aliphatic hydroxyl groups excluding tert-OH is 1. The summed E-state index contributed by atoms with van der Waals surface area (Å²) in [6.45, 7) is 1.89. The van der Waals surface area contributed by atoms with Gasteiger partial charge in [-0.2, -0.15) is 4.90 Å². The lowest BCUT2D eigenvalue weighted by atomic mass is 9.94. The van der Waals surface area contributed by atoms with E-state index < -0.39 is 22.7 Å². The van der Waals surface area contributed by atoms with Gasteiger partial charge in [0.2, 0.25) is 0 Å². The van der Waals surface area contributed by atoms with Crippen LogP contribution in [0.2, 0.25) is 0 Å². The SMILES string of the molecule is Cc1ccc(C(O)=C2C(=O)C(=O)N(c3cccc[nH+]3)C2c2cccc([N+](=O)[O-])c2)cc1. The molecule has 2 aromatic carbocycles. The first-order valence-electron chi connectivity index (χ1n) is 9.47. The van der Waals surface area contributed by atoms with Gasteiger partial charge in [-0.1, -0.05) is 48.0 Å².